The van der Waals surface area contributed by atoms with Crippen LogP contribution in [0.25, 0.3) is 0 Å². The van der Waals surface area contributed by atoms with Crippen LogP contribution in [0.1, 0.15) is 12.8 Å². The number of likely N-dealkylation sites (tertiary alicyclic amines) is 1. The summed E-state index contributed by atoms with van der Waals surface area (Å²) in [5.41, 5.74) is 5.71. The van der Waals surface area contributed by atoms with Crippen molar-refractivity contribution >= 4 is 17.7 Å². The van der Waals surface area contributed by atoms with Crippen molar-refractivity contribution in [1.82, 2.24) is 10.2 Å². The Balaban J connectivity index is 2.22. The standard InChI is InChI=1S/C12H22F3N3OS/c1-20-5-3-10(16)11(19)17-6-9-2-4-18(7-9)8-12(13,14)15/h9-10H,2-8,16H2,1H3,(H,17,19)/t9?,10-/m0/s1. The number of nitrogens with one attached hydrogen (secondary N) is 1. The van der Waals surface area contributed by atoms with Crippen LogP contribution in [0.2, 0.25) is 0 Å². The summed E-state index contributed by atoms with van der Waals surface area (Å²) in [5, 5.41) is 2.74. The first-order valence-electron chi connectivity index (χ1n) is 6.63. The molecule has 118 valence electrons. The maximum absolute atomic E-state index is 12.2. The van der Waals surface area contributed by atoms with Gasteiger partial charge in [-0.1, -0.05) is 0 Å². The molecule has 0 spiro atoms. The normalized spacial score (nSPS) is 21.9. The number of carbonyl (C=O) groups excluding carboxylic acids is 1. The zero-order valence-corrected chi connectivity index (χ0v) is 12.4. The van der Waals surface area contributed by atoms with Crippen LogP contribution in [0.3, 0.4) is 0 Å². The van der Waals surface area contributed by atoms with Gasteiger partial charge in [-0.05, 0) is 37.3 Å². The minimum Gasteiger partial charge on any atom is -0.354 e. The minimum absolute atomic E-state index is 0.0778. The first-order valence-corrected chi connectivity index (χ1v) is 8.02. The van der Waals surface area contributed by atoms with Crippen LogP contribution in [0.5, 0.6) is 0 Å². The van der Waals surface area contributed by atoms with Gasteiger partial charge in [0.1, 0.15) is 0 Å². The smallest absolute Gasteiger partial charge is 0.354 e. The van der Waals surface area contributed by atoms with Gasteiger partial charge in [-0.25, -0.2) is 0 Å². The molecular weight excluding hydrogens is 291 g/mol. The van der Waals surface area contributed by atoms with E-state index in [-0.39, 0.29) is 11.8 Å². The fourth-order valence-corrected chi connectivity index (χ4v) is 2.72. The van der Waals surface area contributed by atoms with Crippen molar-refractivity contribution in [2.75, 3.05) is 38.2 Å². The van der Waals surface area contributed by atoms with Gasteiger partial charge in [0, 0.05) is 13.1 Å². The molecule has 3 N–H and O–H groups in total. The first kappa shape index (κ1) is 17.6. The van der Waals surface area contributed by atoms with Crippen LogP contribution in [-0.4, -0.2) is 61.2 Å². The van der Waals surface area contributed by atoms with Crippen LogP contribution in [0.4, 0.5) is 13.2 Å². The molecule has 0 aromatic carbocycles. The van der Waals surface area contributed by atoms with E-state index in [1.165, 1.54) is 4.90 Å². The fourth-order valence-electron chi connectivity index (χ4n) is 2.23. The van der Waals surface area contributed by atoms with Crippen LogP contribution < -0.4 is 11.1 Å². The molecule has 8 heteroatoms. The van der Waals surface area contributed by atoms with Crippen LogP contribution in [0.15, 0.2) is 0 Å². The highest BCUT2D eigenvalue weighted by molar-refractivity contribution is 7.98. The molecule has 1 aliphatic heterocycles. The average Bonchev–Trinajstić information content (AvgIpc) is 2.78. The lowest BCUT2D eigenvalue weighted by molar-refractivity contribution is -0.143. The van der Waals surface area contributed by atoms with E-state index in [9.17, 15) is 18.0 Å². The van der Waals surface area contributed by atoms with Crippen LogP contribution >= 0.6 is 11.8 Å². The summed E-state index contributed by atoms with van der Waals surface area (Å²) in [5.74, 6) is 0.680. The van der Waals surface area contributed by atoms with Gasteiger partial charge in [0.25, 0.3) is 0 Å². The molecule has 1 heterocycles. The molecule has 0 aromatic heterocycles. The van der Waals surface area contributed by atoms with E-state index in [4.69, 9.17) is 5.73 Å². The maximum Gasteiger partial charge on any atom is 0.401 e. The summed E-state index contributed by atoms with van der Waals surface area (Å²) in [6, 6.07) is -0.532. The number of amides is 1. The van der Waals surface area contributed by atoms with Gasteiger partial charge in [0.2, 0.25) is 5.91 Å². The van der Waals surface area contributed by atoms with E-state index >= 15 is 0 Å². The first-order chi connectivity index (χ1) is 9.31. The van der Waals surface area contributed by atoms with Gasteiger partial charge >= 0.3 is 6.18 Å². The lowest BCUT2D eigenvalue weighted by Crippen LogP contribution is -2.43. The predicted octanol–water partition coefficient (Wildman–Crippen LogP) is 1.07. The molecule has 2 atom stereocenters. The maximum atomic E-state index is 12.2. The molecule has 4 nitrogen and oxygen atoms in total. The second kappa shape index (κ2) is 8.09. The summed E-state index contributed by atoms with van der Waals surface area (Å²) in [4.78, 5) is 13.1. The Bertz CT molecular complexity index is 315. The van der Waals surface area contributed by atoms with E-state index in [0.29, 0.717) is 32.5 Å². The number of hydrogen-bond donors (Lipinski definition) is 2. The van der Waals surface area contributed by atoms with Crippen molar-refractivity contribution in [2.24, 2.45) is 11.7 Å². The minimum atomic E-state index is -4.15. The van der Waals surface area contributed by atoms with E-state index in [1.54, 1.807) is 11.8 Å². The highest BCUT2D eigenvalue weighted by atomic mass is 32.2. The van der Waals surface area contributed by atoms with Gasteiger partial charge in [0.15, 0.2) is 0 Å². The van der Waals surface area contributed by atoms with Crippen molar-refractivity contribution in [3.05, 3.63) is 0 Å². The molecule has 0 radical (unpaired) electrons. The average molecular weight is 313 g/mol. The van der Waals surface area contributed by atoms with Gasteiger partial charge < -0.3 is 11.1 Å². The van der Waals surface area contributed by atoms with E-state index in [1.807, 2.05) is 6.26 Å². The number of alkyl halides is 3. The number of hydrogen-bond acceptors (Lipinski definition) is 4. The molecule has 1 aliphatic rings. The molecule has 1 fully saturated rings. The Kier molecular flexibility index (Phi) is 7.11. The second-order valence-corrected chi connectivity index (χ2v) is 6.12. The zero-order chi connectivity index (χ0) is 15.2. The third kappa shape index (κ3) is 6.81. The molecule has 0 aromatic rings. The summed E-state index contributed by atoms with van der Waals surface area (Å²) < 4.78 is 36.7. The highest BCUT2D eigenvalue weighted by Crippen LogP contribution is 2.22. The SMILES string of the molecule is CSCC[C@H](N)C(=O)NCC1CCN(CC(F)(F)F)C1. The Morgan fingerprint density at radius 3 is 2.85 bits per heavy atom. The summed E-state index contributed by atoms with van der Waals surface area (Å²) in [7, 11) is 0. The molecule has 0 aliphatic carbocycles. The highest BCUT2D eigenvalue weighted by Gasteiger charge is 2.34. The van der Waals surface area contributed by atoms with Crippen LogP contribution in [-0.2, 0) is 4.79 Å². The summed E-state index contributed by atoms with van der Waals surface area (Å²) in [6.07, 6.45) is -0.926. The Labute approximate surface area is 121 Å². The summed E-state index contributed by atoms with van der Waals surface area (Å²) >= 11 is 1.62. The zero-order valence-electron chi connectivity index (χ0n) is 11.6. The molecule has 20 heavy (non-hydrogen) atoms. The molecular formula is C12H22F3N3OS. The van der Waals surface area contributed by atoms with E-state index < -0.39 is 18.8 Å². The van der Waals surface area contributed by atoms with Crippen LogP contribution in [0, 0.1) is 5.92 Å². The molecule has 1 unspecified atom stereocenters. The lowest BCUT2D eigenvalue weighted by Gasteiger charge is -2.18. The van der Waals surface area contributed by atoms with Crippen molar-refractivity contribution in [1.29, 1.82) is 0 Å². The van der Waals surface area contributed by atoms with Gasteiger partial charge in [-0.2, -0.15) is 24.9 Å². The number of nitrogens with two attached hydrogens (primary N) is 1. The molecule has 0 saturated carbocycles. The van der Waals surface area contributed by atoms with Gasteiger partial charge in [-0.3, -0.25) is 9.69 Å². The lowest BCUT2D eigenvalue weighted by atomic mass is 10.1. The Morgan fingerprint density at radius 2 is 2.25 bits per heavy atom. The van der Waals surface area contributed by atoms with Gasteiger partial charge in [0.05, 0.1) is 12.6 Å². The topological polar surface area (TPSA) is 58.4 Å². The van der Waals surface area contributed by atoms with E-state index in [0.717, 1.165) is 5.75 Å². The third-order valence-corrected chi connectivity index (χ3v) is 3.95. The van der Waals surface area contributed by atoms with Crippen molar-refractivity contribution in [2.45, 2.75) is 25.1 Å². The largest absolute Gasteiger partial charge is 0.401 e. The molecule has 1 saturated heterocycles. The van der Waals surface area contributed by atoms with Crippen molar-refractivity contribution < 1.29 is 18.0 Å². The Hall–Kier alpha value is -0.470. The van der Waals surface area contributed by atoms with Crippen molar-refractivity contribution in [3.8, 4) is 0 Å². The summed E-state index contributed by atoms with van der Waals surface area (Å²) in [6.45, 7) is 0.337. The van der Waals surface area contributed by atoms with E-state index in [2.05, 4.69) is 5.32 Å². The number of nitrogens with zero attached hydrogens (tertiary/aromatic N) is 1. The van der Waals surface area contributed by atoms with Crippen molar-refractivity contribution in [3.63, 3.8) is 0 Å². The number of rotatable bonds is 7. The number of carbonyl (C=O) groups is 1. The predicted molar refractivity (Wildman–Crippen MR) is 74.6 cm³/mol. The monoisotopic (exact) mass is 313 g/mol. The quantitative estimate of drug-likeness (QED) is 0.738. The number of thioether (sulfide) groups is 1. The molecule has 1 rings (SSSR count). The molecule has 0 bridgehead atoms. The Morgan fingerprint density at radius 1 is 1.55 bits per heavy atom. The second-order valence-electron chi connectivity index (χ2n) is 5.14. The third-order valence-electron chi connectivity index (χ3n) is 3.31. The molecule has 1 amide bonds. The van der Waals surface area contributed by atoms with Gasteiger partial charge in [-0.15, -0.1) is 0 Å². The fraction of sp³-hybridized carbons (Fsp3) is 0.917. The number of halogens is 3.